The number of nitriles is 1. The predicted molar refractivity (Wildman–Crippen MR) is 89.0 cm³/mol. The van der Waals surface area contributed by atoms with Crippen molar-refractivity contribution < 1.29 is 9.59 Å². The Balaban J connectivity index is 2.01. The number of nitrogens with zero attached hydrogens (tertiary/aromatic N) is 1. The number of carbonyl (C=O) groups excluding carboxylic acids is 2. The quantitative estimate of drug-likeness (QED) is 0.908. The van der Waals surface area contributed by atoms with Crippen molar-refractivity contribution in [3.05, 3.63) is 59.7 Å². The molecule has 0 aliphatic carbocycles. The zero-order valence-electron chi connectivity index (χ0n) is 13.0. The third-order valence-corrected chi connectivity index (χ3v) is 3.21. The Hall–Kier alpha value is -3.13. The van der Waals surface area contributed by atoms with Crippen molar-refractivity contribution >= 4 is 23.2 Å². The summed E-state index contributed by atoms with van der Waals surface area (Å²) in [4.78, 5) is 23.7. The average molecular weight is 307 g/mol. The van der Waals surface area contributed by atoms with Crippen molar-refractivity contribution in [3.63, 3.8) is 0 Å². The molecule has 0 saturated carbocycles. The van der Waals surface area contributed by atoms with E-state index in [0.717, 1.165) is 0 Å². The molecule has 0 spiro atoms. The second-order valence-corrected chi connectivity index (χ2v) is 5.36. The van der Waals surface area contributed by atoms with Gasteiger partial charge in [-0.3, -0.25) is 9.59 Å². The molecule has 2 aromatic carbocycles. The monoisotopic (exact) mass is 307 g/mol. The molecule has 0 atom stereocenters. The van der Waals surface area contributed by atoms with Crippen molar-refractivity contribution in [2.45, 2.75) is 13.8 Å². The van der Waals surface area contributed by atoms with Gasteiger partial charge in [0, 0.05) is 22.9 Å². The highest BCUT2D eigenvalue weighted by Gasteiger charge is 2.08. The van der Waals surface area contributed by atoms with Gasteiger partial charge in [0.15, 0.2) is 0 Å². The minimum atomic E-state index is -0.256. The molecule has 0 radical (unpaired) electrons. The number of hydrogen-bond acceptors (Lipinski definition) is 3. The van der Waals surface area contributed by atoms with Crippen LogP contribution in [0.1, 0.15) is 29.8 Å². The topological polar surface area (TPSA) is 82.0 Å². The van der Waals surface area contributed by atoms with E-state index >= 15 is 0 Å². The van der Waals surface area contributed by atoms with Crippen LogP contribution < -0.4 is 10.6 Å². The highest BCUT2D eigenvalue weighted by molar-refractivity contribution is 6.04. The van der Waals surface area contributed by atoms with Crippen molar-refractivity contribution in [3.8, 4) is 6.07 Å². The molecule has 23 heavy (non-hydrogen) atoms. The van der Waals surface area contributed by atoms with Crippen LogP contribution in [0.15, 0.2) is 48.5 Å². The molecule has 0 saturated heterocycles. The van der Waals surface area contributed by atoms with Crippen LogP contribution in [0.5, 0.6) is 0 Å². The molecule has 0 heterocycles. The number of rotatable bonds is 4. The lowest BCUT2D eigenvalue weighted by atomic mass is 10.1. The van der Waals surface area contributed by atoms with Gasteiger partial charge in [0.2, 0.25) is 5.91 Å². The molecule has 2 amide bonds. The molecule has 5 heteroatoms. The summed E-state index contributed by atoms with van der Waals surface area (Å²) in [6.45, 7) is 3.64. The molecular formula is C18H17N3O2. The second kappa shape index (κ2) is 7.23. The summed E-state index contributed by atoms with van der Waals surface area (Å²) in [5.74, 6) is -0.404. The highest BCUT2D eigenvalue weighted by Crippen LogP contribution is 2.15. The summed E-state index contributed by atoms with van der Waals surface area (Å²) >= 11 is 0. The number of anilines is 2. The van der Waals surface area contributed by atoms with E-state index in [-0.39, 0.29) is 17.7 Å². The maximum Gasteiger partial charge on any atom is 0.255 e. The first kappa shape index (κ1) is 16.2. The Morgan fingerprint density at radius 1 is 0.913 bits per heavy atom. The zero-order chi connectivity index (χ0) is 16.8. The van der Waals surface area contributed by atoms with Crippen molar-refractivity contribution in [2.24, 2.45) is 5.92 Å². The van der Waals surface area contributed by atoms with Crippen LogP contribution in [-0.4, -0.2) is 11.8 Å². The van der Waals surface area contributed by atoms with Gasteiger partial charge in [0.05, 0.1) is 11.6 Å². The summed E-state index contributed by atoms with van der Waals surface area (Å²) in [7, 11) is 0. The van der Waals surface area contributed by atoms with Gasteiger partial charge in [-0.05, 0) is 48.5 Å². The first-order chi connectivity index (χ1) is 11.0. The molecular weight excluding hydrogens is 290 g/mol. The highest BCUT2D eigenvalue weighted by atomic mass is 16.2. The fourth-order valence-electron chi connectivity index (χ4n) is 1.82. The van der Waals surface area contributed by atoms with E-state index in [2.05, 4.69) is 10.6 Å². The lowest BCUT2D eigenvalue weighted by Crippen LogP contribution is -2.17. The van der Waals surface area contributed by atoms with Gasteiger partial charge in [0.25, 0.3) is 5.91 Å². The van der Waals surface area contributed by atoms with E-state index in [1.807, 2.05) is 19.9 Å². The van der Waals surface area contributed by atoms with E-state index in [9.17, 15) is 9.59 Å². The van der Waals surface area contributed by atoms with Crippen molar-refractivity contribution in [1.29, 1.82) is 5.26 Å². The van der Waals surface area contributed by atoms with Gasteiger partial charge in [-0.15, -0.1) is 0 Å². The molecule has 0 bridgehead atoms. The maximum absolute atomic E-state index is 12.1. The van der Waals surface area contributed by atoms with E-state index < -0.39 is 0 Å². The smallest absolute Gasteiger partial charge is 0.255 e. The van der Waals surface area contributed by atoms with Crippen molar-refractivity contribution in [1.82, 2.24) is 0 Å². The summed E-state index contributed by atoms with van der Waals surface area (Å²) in [6, 6.07) is 15.3. The number of nitrogens with one attached hydrogen (secondary N) is 2. The third kappa shape index (κ3) is 4.42. The molecule has 0 aliphatic rings. The molecule has 0 aliphatic heterocycles. The second-order valence-electron chi connectivity index (χ2n) is 5.36. The SMILES string of the molecule is CC(C)C(=O)Nc1ccc(NC(=O)c2ccc(C#N)cc2)cc1. The molecule has 116 valence electrons. The lowest BCUT2D eigenvalue weighted by Gasteiger charge is -2.09. The first-order valence-corrected chi connectivity index (χ1v) is 7.22. The molecule has 2 rings (SSSR count). The minimum Gasteiger partial charge on any atom is -0.326 e. The predicted octanol–water partition coefficient (Wildman–Crippen LogP) is 3.41. The third-order valence-electron chi connectivity index (χ3n) is 3.21. The van der Waals surface area contributed by atoms with Gasteiger partial charge in [0.1, 0.15) is 0 Å². The molecule has 2 N–H and O–H groups in total. The van der Waals surface area contributed by atoms with E-state index in [4.69, 9.17) is 5.26 Å². The molecule has 0 aromatic heterocycles. The van der Waals surface area contributed by atoms with Crippen LogP contribution in [0.4, 0.5) is 11.4 Å². The number of carbonyl (C=O) groups is 2. The maximum atomic E-state index is 12.1. The number of amides is 2. The summed E-state index contributed by atoms with van der Waals surface area (Å²) in [5, 5.41) is 14.3. The largest absolute Gasteiger partial charge is 0.326 e. The zero-order valence-corrected chi connectivity index (χ0v) is 13.0. The Morgan fingerprint density at radius 2 is 1.43 bits per heavy atom. The Bertz CT molecular complexity index is 741. The van der Waals surface area contributed by atoms with E-state index in [0.29, 0.717) is 22.5 Å². The van der Waals surface area contributed by atoms with Crippen LogP contribution in [0.3, 0.4) is 0 Å². The standard InChI is InChI=1S/C18H17N3O2/c1-12(2)17(22)20-15-7-9-16(10-8-15)21-18(23)14-5-3-13(11-19)4-6-14/h3-10,12H,1-2H3,(H,20,22)(H,21,23). The number of benzene rings is 2. The van der Waals surface area contributed by atoms with Crippen LogP contribution in [0.2, 0.25) is 0 Å². The van der Waals surface area contributed by atoms with Crippen LogP contribution in [-0.2, 0) is 4.79 Å². The fourth-order valence-corrected chi connectivity index (χ4v) is 1.82. The minimum absolute atomic E-state index is 0.0561. The Kier molecular flexibility index (Phi) is 5.11. The van der Waals surface area contributed by atoms with E-state index in [1.165, 1.54) is 0 Å². The average Bonchev–Trinajstić information content (AvgIpc) is 2.56. The van der Waals surface area contributed by atoms with Crippen LogP contribution in [0, 0.1) is 17.2 Å². The lowest BCUT2D eigenvalue weighted by molar-refractivity contribution is -0.118. The molecule has 0 unspecified atom stereocenters. The van der Waals surface area contributed by atoms with Gasteiger partial charge < -0.3 is 10.6 Å². The number of hydrogen-bond donors (Lipinski definition) is 2. The normalized spacial score (nSPS) is 10.0. The van der Waals surface area contributed by atoms with Gasteiger partial charge in [-0.1, -0.05) is 13.8 Å². The molecule has 0 fully saturated rings. The molecule has 5 nitrogen and oxygen atoms in total. The summed E-state index contributed by atoms with van der Waals surface area (Å²) in [5.41, 5.74) is 2.29. The van der Waals surface area contributed by atoms with Gasteiger partial charge in [-0.2, -0.15) is 5.26 Å². The first-order valence-electron chi connectivity index (χ1n) is 7.22. The van der Waals surface area contributed by atoms with Crippen LogP contribution in [0.25, 0.3) is 0 Å². The summed E-state index contributed by atoms with van der Waals surface area (Å²) < 4.78 is 0. The Morgan fingerprint density at radius 3 is 1.91 bits per heavy atom. The Labute approximate surface area is 134 Å². The van der Waals surface area contributed by atoms with E-state index in [1.54, 1.807) is 48.5 Å². The fraction of sp³-hybridized carbons (Fsp3) is 0.167. The molecule has 2 aromatic rings. The van der Waals surface area contributed by atoms with Crippen LogP contribution >= 0.6 is 0 Å². The van der Waals surface area contributed by atoms with Crippen molar-refractivity contribution in [2.75, 3.05) is 10.6 Å². The van der Waals surface area contributed by atoms with Gasteiger partial charge in [-0.25, -0.2) is 0 Å². The van der Waals surface area contributed by atoms with Gasteiger partial charge >= 0.3 is 0 Å². The summed E-state index contributed by atoms with van der Waals surface area (Å²) in [6.07, 6.45) is 0.